The van der Waals surface area contributed by atoms with E-state index >= 15 is 0 Å². The Hall–Kier alpha value is -0.0400. The minimum Gasteiger partial charge on any atom is -0.389 e. The van der Waals surface area contributed by atoms with Crippen molar-refractivity contribution in [1.29, 1.82) is 0 Å². The van der Waals surface area contributed by atoms with Crippen molar-refractivity contribution in [2.75, 3.05) is 0 Å². The van der Waals surface area contributed by atoms with Gasteiger partial charge in [0.1, 0.15) is 0 Å². The molecule has 0 radical (unpaired) electrons. The zero-order valence-corrected chi connectivity index (χ0v) is 7.72. The third-order valence-corrected chi connectivity index (χ3v) is 4.35. The first kappa shape index (κ1) is 7.60. The molecule has 1 N–H and O–H groups in total. The van der Waals surface area contributed by atoms with E-state index in [9.17, 15) is 5.11 Å². The fourth-order valence-corrected chi connectivity index (χ4v) is 3.12. The Kier molecular flexibility index (Phi) is 1.26. The van der Waals surface area contributed by atoms with Gasteiger partial charge in [-0.25, -0.2) is 0 Å². The second-order valence-electron chi connectivity index (χ2n) is 5.12. The topological polar surface area (TPSA) is 20.2 Å². The van der Waals surface area contributed by atoms with E-state index in [4.69, 9.17) is 0 Å². The summed E-state index contributed by atoms with van der Waals surface area (Å²) in [4.78, 5) is 0. The lowest BCUT2D eigenvalue weighted by atomic mass is 9.46. The molecule has 2 atom stereocenters. The van der Waals surface area contributed by atoms with E-state index < -0.39 is 5.60 Å². The summed E-state index contributed by atoms with van der Waals surface area (Å²) in [5.41, 5.74) is -0.156. The molecule has 0 aliphatic heterocycles. The van der Waals surface area contributed by atoms with Crippen LogP contribution in [0.5, 0.6) is 0 Å². The Labute approximate surface area is 68.8 Å². The van der Waals surface area contributed by atoms with Crippen LogP contribution in [0.2, 0.25) is 0 Å². The number of rotatable bonds is 0. The zero-order valence-electron chi connectivity index (χ0n) is 7.72. The van der Waals surface area contributed by atoms with Crippen molar-refractivity contribution in [2.45, 2.75) is 45.6 Å². The Morgan fingerprint density at radius 1 is 1.27 bits per heavy atom. The molecule has 3 aliphatic rings. The van der Waals surface area contributed by atoms with Gasteiger partial charge in [-0.3, -0.25) is 0 Å². The summed E-state index contributed by atoms with van der Waals surface area (Å²) in [6.07, 6.45) is 3.75. The monoisotopic (exact) mass is 154 g/mol. The summed E-state index contributed by atoms with van der Waals surface area (Å²) in [7, 11) is 0. The first-order chi connectivity index (χ1) is 4.96. The summed E-state index contributed by atoms with van der Waals surface area (Å²) in [5, 5.41) is 10.2. The third kappa shape index (κ3) is 0.752. The van der Waals surface area contributed by atoms with Gasteiger partial charge in [-0.1, -0.05) is 13.8 Å². The van der Waals surface area contributed by atoms with E-state index in [1.54, 1.807) is 0 Å². The second kappa shape index (κ2) is 1.82. The van der Waals surface area contributed by atoms with Gasteiger partial charge in [-0.05, 0) is 43.4 Å². The maximum atomic E-state index is 10.2. The van der Waals surface area contributed by atoms with Crippen molar-refractivity contribution < 1.29 is 5.11 Å². The van der Waals surface area contributed by atoms with E-state index in [0.29, 0.717) is 5.92 Å². The van der Waals surface area contributed by atoms with Gasteiger partial charge in [0.15, 0.2) is 0 Å². The smallest absolute Gasteiger partial charge is 0.0698 e. The normalized spacial score (nSPS) is 62.2. The number of aliphatic hydroxyl groups is 1. The maximum absolute atomic E-state index is 10.2. The largest absolute Gasteiger partial charge is 0.389 e. The zero-order chi connectivity index (χ0) is 8.28. The van der Waals surface area contributed by atoms with Crippen LogP contribution in [0, 0.1) is 17.3 Å². The summed E-state index contributed by atoms with van der Waals surface area (Å²) in [6, 6.07) is 0. The lowest BCUT2D eigenvalue weighted by Gasteiger charge is -2.62. The van der Waals surface area contributed by atoms with Gasteiger partial charge in [0.25, 0.3) is 0 Å². The minimum absolute atomic E-state index is 0.245. The molecule has 3 rings (SSSR count). The molecular weight excluding hydrogens is 136 g/mol. The van der Waals surface area contributed by atoms with E-state index in [-0.39, 0.29) is 5.41 Å². The van der Waals surface area contributed by atoms with Crippen LogP contribution < -0.4 is 0 Å². The van der Waals surface area contributed by atoms with Crippen molar-refractivity contribution in [1.82, 2.24) is 0 Å². The molecule has 0 heterocycles. The first-order valence-electron chi connectivity index (χ1n) is 4.68. The van der Waals surface area contributed by atoms with E-state index in [0.717, 1.165) is 5.92 Å². The van der Waals surface area contributed by atoms with Gasteiger partial charge < -0.3 is 5.11 Å². The molecule has 2 unspecified atom stereocenters. The van der Waals surface area contributed by atoms with Crippen molar-refractivity contribution in [2.24, 2.45) is 17.3 Å². The number of hydrogen-bond donors (Lipinski definition) is 1. The van der Waals surface area contributed by atoms with Crippen LogP contribution in [0.4, 0.5) is 0 Å². The average Bonchev–Trinajstić information content (AvgIpc) is 1.79. The quantitative estimate of drug-likeness (QED) is 0.567. The second-order valence-corrected chi connectivity index (χ2v) is 5.12. The highest BCUT2D eigenvalue weighted by Gasteiger charge is 2.58. The Morgan fingerprint density at radius 2 is 1.82 bits per heavy atom. The third-order valence-electron chi connectivity index (χ3n) is 4.35. The maximum Gasteiger partial charge on any atom is 0.0698 e. The molecule has 1 nitrogen and oxygen atoms in total. The molecular formula is C10H18O. The van der Waals surface area contributed by atoms with Gasteiger partial charge in [-0.2, -0.15) is 0 Å². The minimum atomic E-state index is -0.401. The molecule has 3 fully saturated rings. The summed E-state index contributed by atoms with van der Waals surface area (Å²) < 4.78 is 0. The molecule has 3 saturated carbocycles. The van der Waals surface area contributed by atoms with Gasteiger partial charge in [0, 0.05) is 0 Å². The predicted molar refractivity (Wildman–Crippen MR) is 45.2 cm³/mol. The van der Waals surface area contributed by atoms with Crippen LogP contribution in [0.3, 0.4) is 0 Å². The fraction of sp³-hybridized carbons (Fsp3) is 1.00. The number of fused-ring (bicyclic) bond motifs is 2. The van der Waals surface area contributed by atoms with Crippen LogP contribution in [0.25, 0.3) is 0 Å². The summed E-state index contributed by atoms with van der Waals surface area (Å²) in [6.45, 7) is 6.44. The van der Waals surface area contributed by atoms with Gasteiger partial charge >= 0.3 is 0 Å². The lowest BCUT2D eigenvalue weighted by molar-refractivity contribution is -0.204. The predicted octanol–water partition coefficient (Wildman–Crippen LogP) is 2.19. The molecule has 11 heavy (non-hydrogen) atoms. The van der Waals surface area contributed by atoms with Crippen molar-refractivity contribution >= 4 is 0 Å². The van der Waals surface area contributed by atoms with Gasteiger partial charge in [0.2, 0.25) is 0 Å². The van der Waals surface area contributed by atoms with E-state index in [2.05, 4.69) is 13.8 Å². The highest BCUT2D eigenvalue weighted by Crippen LogP contribution is 2.62. The van der Waals surface area contributed by atoms with Crippen molar-refractivity contribution in [3.63, 3.8) is 0 Å². The SMILES string of the molecule is CC1CC2CC(C)(C2)C1(C)O. The van der Waals surface area contributed by atoms with E-state index in [1.165, 1.54) is 19.3 Å². The molecule has 0 saturated heterocycles. The van der Waals surface area contributed by atoms with Crippen LogP contribution in [0.1, 0.15) is 40.0 Å². The van der Waals surface area contributed by atoms with Crippen LogP contribution >= 0.6 is 0 Å². The van der Waals surface area contributed by atoms with Gasteiger partial charge in [0.05, 0.1) is 5.60 Å². The van der Waals surface area contributed by atoms with Crippen molar-refractivity contribution in [3.8, 4) is 0 Å². The highest BCUT2D eigenvalue weighted by atomic mass is 16.3. The van der Waals surface area contributed by atoms with Crippen LogP contribution in [-0.4, -0.2) is 10.7 Å². The molecule has 2 bridgehead atoms. The summed E-state index contributed by atoms with van der Waals surface area (Å²) >= 11 is 0. The van der Waals surface area contributed by atoms with Gasteiger partial charge in [-0.15, -0.1) is 0 Å². The Morgan fingerprint density at radius 3 is 2.18 bits per heavy atom. The fourth-order valence-electron chi connectivity index (χ4n) is 3.12. The number of hydrogen-bond acceptors (Lipinski definition) is 1. The van der Waals surface area contributed by atoms with Crippen LogP contribution in [-0.2, 0) is 0 Å². The molecule has 0 spiro atoms. The molecule has 0 aromatic heterocycles. The molecule has 64 valence electrons. The van der Waals surface area contributed by atoms with Crippen molar-refractivity contribution in [3.05, 3.63) is 0 Å². The standard InChI is InChI=1S/C10H18O/c1-7-4-8-5-9(2,6-8)10(7,3)11/h7-8,11H,4-6H2,1-3H3. The molecule has 3 aliphatic carbocycles. The summed E-state index contributed by atoms with van der Waals surface area (Å²) in [5.74, 6) is 1.43. The molecule has 0 aromatic carbocycles. The lowest BCUT2D eigenvalue weighted by Crippen LogP contribution is -2.60. The van der Waals surface area contributed by atoms with E-state index in [1.807, 2.05) is 6.92 Å². The molecule has 0 aromatic rings. The highest BCUT2D eigenvalue weighted by molar-refractivity contribution is 5.09. The Balaban J connectivity index is 2.26. The Bertz CT molecular complexity index is 175. The first-order valence-corrected chi connectivity index (χ1v) is 4.68. The molecule has 1 heteroatoms. The molecule has 0 amide bonds. The van der Waals surface area contributed by atoms with Crippen LogP contribution in [0.15, 0.2) is 0 Å². The average molecular weight is 154 g/mol.